The molecule has 10 heavy (non-hydrogen) atoms. The highest BCUT2D eigenvalue weighted by molar-refractivity contribution is 7.80. The van der Waals surface area contributed by atoms with E-state index in [0.717, 1.165) is 10.5 Å². The third kappa shape index (κ3) is 1.22. The third-order valence-electron chi connectivity index (χ3n) is 1.37. The number of hydrogen-bond donors (Lipinski definition) is 2. The van der Waals surface area contributed by atoms with Crippen molar-refractivity contribution in [1.29, 1.82) is 0 Å². The van der Waals surface area contributed by atoms with E-state index in [9.17, 15) is 0 Å². The van der Waals surface area contributed by atoms with E-state index < -0.39 is 0 Å². The highest BCUT2D eigenvalue weighted by Gasteiger charge is 2.01. The van der Waals surface area contributed by atoms with Crippen molar-refractivity contribution in [2.45, 2.75) is 11.8 Å². The molecule has 0 heterocycles. The average Bonchev–Trinajstić information content (AvgIpc) is 1.93. The summed E-state index contributed by atoms with van der Waals surface area (Å²) in [5.41, 5.74) is 7.18. The number of thiol groups is 1. The molecule has 54 valence electrons. The summed E-state index contributed by atoms with van der Waals surface area (Å²) in [6.45, 7) is 1.94. The lowest BCUT2D eigenvalue weighted by Gasteiger charge is -2.03. The number of halogens is 1. The van der Waals surface area contributed by atoms with E-state index in [0.29, 0.717) is 10.7 Å². The first-order chi connectivity index (χ1) is 4.63. The van der Waals surface area contributed by atoms with Gasteiger partial charge in [-0.3, -0.25) is 0 Å². The first kappa shape index (κ1) is 7.76. The Balaban J connectivity index is 3.34. The second-order valence-corrected chi connectivity index (χ2v) is 2.98. The fourth-order valence-corrected chi connectivity index (χ4v) is 1.11. The number of aryl methyl sites for hydroxylation is 1. The summed E-state index contributed by atoms with van der Waals surface area (Å²) in [7, 11) is 0. The molecule has 1 aromatic carbocycles. The number of nitrogens with two attached hydrogens (primary N) is 1. The molecular weight excluding hydrogens is 166 g/mol. The van der Waals surface area contributed by atoms with Crippen LogP contribution >= 0.6 is 24.2 Å². The molecule has 1 rings (SSSR count). The van der Waals surface area contributed by atoms with Crippen molar-refractivity contribution in [2.24, 2.45) is 0 Å². The minimum Gasteiger partial charge on any atom is -0.397 e. The first-order valence-corrected chi connectivity index (χ1v) is 3.69. The van der Waals surface area contributed by atoms with Crippen LogP contribution in [0.4, 0.5) is 5.69 Å². The van der Waals surface area contributed by atoms with Gasteiger partial charge in [-0.2, -0.15) is 0 Å². The molecule has 0 amide bonds. The third-order valence-corrected chi connectivity index (χ3v) is 2.29. The molecule has 0 unspecified atom stereocenters. The van der Waals surface area contributed by atoms with Gasteiger partial charge >= 0.3 is 0 Å². The Kier molecular flexibility index (Phi) is 2.11. The first-order valence-electron chi connectivity index (χ1n) is 2.86. The Morgan fingerprint density at radius 2 is 2.10 bits per heavy atom. The summed E-state index contributed by atoms with van der Waals surface area (Å²) in [6, 6.07) is 3.66. The minimum atomic E-state index is 0.560. The van der Waals surface area contributed by atoms with Crippen molar-refractivity contribution in [3.8, 4) is 0 Å². The van der Waals surface area contributed by atoms with Crippen LogP contribution in [0.3, 0.4) is 0 Å². The van der Waals surface area contributed by atoms with Gasteiger partial charge in [0, 0.05) is 4.90 Å². The zero-order valence-corrected chi connectivity index (χ0v) is 7.21. The van der Waals surface area contributed by atoms with E-state index in [2.05, 4.69) is 12.6 Å². The van der Waals surface area contributed by atoms with Crippen LogP contribution in [0.2, 0.25) is 5.02 Å². The van der Waals surface area contributed by atoms with Crippen molar-refractivity contribution < 1.29 is 0 Å². The van der Waals surface area contributed by atoms with E-state index in [-0.39, 0.29) is 0 Å². The van der Waals surface area contributed by atoms with Gasteiger partial charge in [-0.1, -0.05) is 17.7 Å². The van der Waals surface area contributed by atoms with E-state index >= 15 is 0 Å². The van der Waals surface area contributed by atoms with E-state index in [1.165, 1.54) is 0 Å². The second kappa shape index (κ2) is 2.72. The molecule has 0 radical (unpaired) electrons. The molecule has 1 aromatic rings. The molecule has 0 saturated carbocycles. The topological polar surface area (TPSA) is 26.0 Å². The van der Waals surface area contributed by atoms with Crippen molar-refractivity contribution in [2.75, 3.05) is 5.73 Å². The molecule has 3 heteroatoms. The molecule has 0 aliphatic rings. The molecule has 0 fully saturated rings. The number of hydrogen-bond acceptors (Lipinski definition) is 2. The van der Waals surface area contributed by atoms with Gasteiger partial charge in [-0.25, -0.2) is 0 Å². The van der Waals surface area contributed by atoms with E-state index in [1.807, 2.05) is 13.0 Å². The van der Waals surface area contributed by atoms with Gasteiger partial charge < -0.3 is 5.73 Å². The molecular formula is C7H8ClNS. The Labute approximate surface area is 70.6 Å². The van der Waals surface area contributed by atoms with E-state index in [4.69, 9.17) is 17.3 Å². The minimum absolute atomic E-state index is 0.560. The highest BCUT2D eigenvalue weighted by Crippen LogP contribution is 2.27. The maximum Gasteiger partial charge on any atom is 0.0647 e. The van der Waals surface area contributed by atoms with Crippen molar-refractivity contribution in [3.05, 3.63) is 22.7 Å². The zero-order chi connectivity index (χ0) is 7.72. The van der Waals surface area contributed by atoms with Gasteiger partial charge in [0.15, 0.2) is 0 Å². The molecule has 0 aliphatic carbocycles. The van der Waals surface area contributed by atoms with Gasteiger partial charge in [0.25, 0.3) is 0 Å². The maximum absolute atomic E-state index is 5.71. The summed E-state index contributed by atoms with van der Waals surface area (Å²) in [5.74, 6) is 0. The highest BCUT2D eigenvalue weighted by atomic mass is 35.5. The van der Waals surface area contributed by atoms with Crippen LogP contribution in [0.1, 0.15) is 5.56 Å². The van der Waals surface area contributed by atoms with Crippen LogP contribution < -0.4 is 5.73 Å². The predicted molar refractivity (Wildman–Crippen MR) is 47.9 cm³/mol. The smallest absolute Gasteiger partial charge is 0.0647 e. The predicted octanol–water partition coefficient (Wildman–Crippen LogP) is 2.52. The molecule has 1 nitrogen and oxygen atoms in total. The summed E-state index contributed by atoms with van der Waals surface area (Å²) in [4.78, 5) is 0.771. The van der Waals surface area contributed by atoms with Gasteiger partial charge in [-0.05, 0) is 18.6 Å². The Morgan fingerprint density at radius 3 is 2.60 bits per heavy atom. The molecule has 0 atom stereocenters. The van der Waals surface area contributed by atoms with Crippen LogP contribution in [-0.2, 0) is 0 Å². The van der Waals surface area contributed by atoms with Crippen LogP contribution in [0.25, 0.3) is 0 Å². The van der Waals surface area contributed by atoms with Crippen molar-refractivity contribution in [1.82, 2.24) is 0 Å². The quantitative estimate of drug-likeness (QED) is 0.458. The lowest BCUT2D eigenvalue weighted by Crippen LogP contribution is -1.89. The maximum atomic E-state index is 5.71. The van der Waals surface area contributed by atoms with Crippen molar-refractivity contribution in [3.63, 3.8) is 0 Å². The Bertz CT molecular complexity index is 233. The summed E-state index contributed by atoms with van der Waals surface area (Å²) >= 11 is 9.88. The second-order valence-electron chi connectivity index (χ2n) is 2.13. The molecule has 0 bridgehead atoms. The van der Waals surface area contributed by atoms with Gasteiger partial charge in [-0.15, -0.1) is 12.6 Å². The van der Waals surface area contributed by atoms with Crippen LogP contribution in [0.15, 0.2) is 17.0 Å². The largest absolute Gasteiger partial charge is 0.397 e. The van der Waals surface area contributed by atoms with Gasteiger partial charge in [0.2, 0.25) is 0 Å². The molecule has 0 saturated heterocycles. The summed E-state index contributed by atoms with van der Waals surface area (Å²) < 4.78 is 0. The monoisotopic (exact) mass is 173 g/mol. The normalized spacial score (nSPS) is 9.90. The molecule has 0 aromatic heterocycles. The molecule has 2 N–H and O–H groups in total. The molecule has 0 aliphatic heterocycles. The van der Waals surface area contributed by atoms with Crippen molar-refractivity contribution >= 4 is 29.9 Å². The lowest BCUT2D eigenvalue weighted by atomic mass is 10.2. The SMILES string of the molecule is Cc1ccc(Cl)c(N)c1S. The fraction of sp³-hybridized carbons (Fsp3) is 0.143. The van der Waals surface area contributed by atoms with Gasteiger partial charge in [0.05, 0.1) is 10.7 Å². The van der Waals surface area contributed by atoms with Crippen LogP contribution in [-0.4, -0.2) is 0 Å². The number of nitrogen functional groups attached to an aromatic ring is 1. The summed E-state index contributed by atoms with van der Waals surface area (Å²) in [6.07, 6.45) is 0. The number of rotatable bonds is 0. The number of benzene rings is 1. The lowest BCUT2D eigenvalue weighted by molar-refractivity contribution is 1.32. The van der Waals surface area contributed by atoms with Crippen LogP contribution in [0, 0.1) is 6.92 Å². The molecule has 0 spiro atoms. The Morgan fingerprint density at radius 1 is 1.50 bits per heavy atom. The van der Waals surface area contributed by atoms with Gasteiger partial charge in [0.1, 0.15) is 0 Å². The van der Waals surface area contributed by atoms with E-state index in [1.54, 1.807) is 6.07 Å². The number of anilines is 1. The fourth-order valence-electron chi connectivity index (χ4n) is 0.692. The summed E-state index contributed by atoms with van der Waals surface area (Å²) in [5, 5.41) is 0.565. The zero-order valence-electron chi connectivity index (χ0n) is 5.56. The Hall–Kier alpha value is -0.340. The average molecular weight is 174 g/mol. The standard InChI is InChI=1S/C7H8ClNS/c1-4-2-3-5(8)6(9)7(4)10/h2-3,10H,9H2,1H3. The van der Waals surface area contributed by atoms with Crippen LogP contribution in [0.5, 0.6) is 0 Å².